The Kier molecular flexibility index (Phi) is 6.74. The van der Waals surface area contributed by atoms with Gasteiger partial charge in [-0.2, -0.15) is 0 Å². The van der Waals surface area contributed by atoms with Crippen LogP contribution < -0.4 is 16.9 Å². The van der Waals surface area contributed by atoms with Gasteiger partial charge >= 0.3 is 0 Å². The number of hydrazine groups is 1. The van der Waals surface area contributed by atoms with Gasteiger partial charge in [0.2, 0.25) is 0 Å². The normalized spacial score (nSPS) is 21.0. The molecule has 2 aromatic rings. The van der Waals surface area contributed by atoms with Crippen LogP contribution in [-0.2, 0) is 0 Å². The van der Waals surface area contributed by atoms with Crippen molar-refractivity contribution in [1.29, 1.82) is 0 Å². The molecule has 0 radical (unpaired) electrons. The Hall–Kier alpha value is -2.54. The van der Waals surface area contributed by atoms with Crippen LogP contribution in [0.2, 0.25) is 5.02 Å². The van der Waals surface area contributed by atoms with Crippen LogP contribution in [0, 0.1) is 5.82 Å². The fraction of sp³-hybridized carbons (Fsp3) is 0.360. The Balaban J connectivity index is 1.78. The molecule has 0 saturated carbocycles. The summed E-state index contributed by atoms with van der Waals surface area (Å²) in [5.41, 5.74) is 12.7. The predicted molar refractivity (Wildman–Crippen MR) is 131 cm³/mol. The molecule has 1 unspecified atom stereocenters. The van der Waals surface area contributed by atoms with Gasteiger partial charge in [0.15, 0.2) is 0 Å². The van der Waals surface area contributed by atoms with E-state index in [4.69, 9.17) is 23.2 Å². The van der Waals surface area contributed by atoms with Crippen molar-refractivity contribution < 1.29 is 4.39 Å². The van der Waals surface area contributed by atoms with Crippen molar-refractivity contribution in [3.63, 3.8) is 0 Å². The number of nitrogens with two attached hydrogens (primary N) is 2. The van der Waals surface area contributed by atoms with Gasteiger partial charge in [-0.15, -0.1) is 0 Å². The number of benzene rings is 2. The maximum atomic E-state index is 14.5. The minimum atomic E-state index is -0.332. The molecule has 0 aliphatic carbocycles. The van der Waals surface area contributed by atoms with E-state index in [0.29, 0.717) is 29.4 Å². The number of hydrogen-bond acceptors (Lipinski definition) is 5. The van der Waals surface area contributed by atoms with Gasteiger partial charge in [0, 0.05) is 35.9 Å². The van der Waals surface area contributed by atoms with Crippen molar-refractivity contribution in [2.45, 2.75) is 32.7 Å². The second kappa shape index (κ2) is 9.53. The van der Waals surface area contributed by atoms with E-state index in [9.17, 15) is 4.39 Å². The zero-order valence-electron chi connectivity index (χ0n) is 18.7. The zero-order valence-corrected chi connectivity index (χ0v) is 19.4. The molecule has 4 rings (SSSR count). The molecule has 5 nitrogen and oxygen atoms in total. The maximum absolute atomic E-state index is 14.5. The summed E-state index contributed by atoms with van der Waals surface area (Å²) in [5.74, 6) is 6.04. The van der Waals surface area contributed by atoms with Gasteiger partial charge in [0.1, 0.15) is 5.82 Å². The highest BCUT2D eigenvalue weighted by molar-refractivity contribution is 6.30. The first-order chi connectivity index (χ1) is 15.4. The summed E-state index contributed by atoms with van der Waals surface area (Å²) in [6, 6.07) is 10.9. The number of allylic oxidation sites excluding steroid dienone is 1. The van der Waals surface area contributed by atoms with Gasteiger partial charge in [-0.05, 0) is 67.3 Å². The van der Waals surface area contributed by atoms with Crippen molar-refractivity contribution >= 4 is 28.6 Å². The third-order valence-electron chi connectivity index (χ3n) is 6.37. The molecule has 7 heteroatoms. The lowest BCUT2D eigenvalue weighted by atomic mass is 9.90. The monoisotopic (exact) mass is 455 g/mol. The van der Waals surface area contributed by atoms with Crippen LogP contribution in [0.5, 0.6) is 0 Å². The highest BCUT2D eigenvalue weighted by atomic mass is 35.5. The molecule has 2 aliphatic heterocycles. The van der Waals surface area contributed by atoms with Crippen LogP contribution in [0.25, 0.3) is 11.3 Å². The summed E-state index contributed by atoms with van der Waals surface area (Å²) < 4.78 is 14.5. The number of rotatable bonds is 4. The van der Waals surface area contributed by atoms with Gasteiger partial charge in [0.05, 0.1) is 17.4 Å². The molecule has 0 amide bonds. The average molecular weight is 456 g/mol. The predicted octanol–water partition coefficient (Wildman–Crippen LogP) is 4.97. The van der Waals surface area contributed by atoms with E-state index < -0.39 is 0 Å². The van der Waals surface area contributed by atoms with Gasteiger partial charge in [-0.3, -0.25) is 4.90 Å². The number of hydrogen-bond donors (Lipinski definition) is 3. The lowest BCUT2D eigenvalue weighted by molar-refractivity contribution is 0.319. The minimum absolute atomic E-state index is 0.142. The van der Waals surface area contributed by atoms with Crippen LogP contribution in [0.15, 0.2) is 48.2 Å². The van der Waals surface area contributed by atoms with Crippen molar-refractivity contribution in [2.75, 3.05) is 31.5 Å². The molecule has 5 N–H and O–H groups in total. The molecule has 0 aromatic heterocycles. The van der Waals surface area contributed by atoms with Crippen LogP contribution in [0.1, 0.15) is 49.4 Å². The van der Waals surface area contributed by atoms with Crippen LogP contribution in [-0.4, -0.2) is 36.1 Å². The van der Waals surface area contributed by atoms with Crippen molar-refractivity contribution in [3.05, 3.63) is 75.7 Å². The Bertz CT molecular complexity index is 1060. The molecule has 0 bridgehead atoms. The zero-order chi connectivity index (χ0) is 22.8. The number of likely N-dealkylation sites (N-methyl/N-ethyl adjacent to an activating group) is 1. The highest BCUT2D eigenvalue weighted by Crippen LogP contribution is 2.38. The Labute approximate surface area is 194 Å². The van der Waals surface area contributed by atoms with E-state index in [2.05, 4.69) is 41.4 Å². The second-order valence-electron chi connectivity index (χ2n) is 8.51. The molecule has 2 heterocycles. The van der Waals surface area contributed by atoms with Crippen molar-refractivity contribution in [2.24, 2.45) is 11.6 Å². The second-order valence-corrected chi connectivity index (χ2v) is 8.95. The number of nitrogens with one attached hydrogen (secondary N) is 1. The van der Waals surface area contributed by atoms with E-state index in [-0.39, 0.29) is 11.9 Å². The Morgan fingerprint density at radius 1 is 1.22 bits per heavy atom. The summed E-state index contributed by atoms with van der Waals surface area (Å²) in [5, 5.41) is 5.57. The maximum Gasteiger partial charge on any atom is 0.146 e. The summed E-state index contributed by atoms with van der Waals surface area (Å²) in [4.78, 5) is 2.42. The molecule has 1 atom stereocenters. The third-order valence-corrected chi connectivity index (χ3v) is 6.61. The van der Waals surface area contributed by atoms with Crippen molar-refractivity contribution in [1.82, 2.24) is 9.91 Å². The number of fused-ring (bicyclic) bond motifs is 1. The van der Waals surface area contributed by atoms with Crippen LogP contribution in [0.3, 0.4) is 0 Å². The fourth-order valence-corrected chi connectivity index (χ4v) is 4.77. The van der Waals surface area contributed by atoms with Crippen LogP contribution in [0.4, 0.5) is 10.1 Å². The summed E-state index contributed by atoms with van der Waals surface area (Å²) in [6.45, 7) is 7.71. The fourth-order valence-electron chi connectivity index (χ4n) is 4.60. The molecule has 2 aliphatic rings. The first-order valence-electron chi connectivity index (χ1n) is 11.1. The van der Waals surface area contributed by atoms with E-state index in [1.54, 1.807) is 17.1 Å². The van der Waals surface area contributed by atoms with E-state index >= 15 is 0 Å². The van der Waals surface area contributed by atoms with Gasteiger partial charge in [-0.1, -0.05) is 36.7 Å². The lowest BCUT2D eigenvalue weighted by Crippen LogP contribution is -2.31. The molecule has 32 heavy (non-hydrogen) atoms. The lowest BCUT2D eigenvalue weighted by Gasteiger charge is -2.26. The summed E-state index contributed by atoms with van der Waals surface area (Å²) in [6.07, 6.45) is 4.01. The summed E-state index contributed by atoms with van der Waals surface area (Å²) >= 11 is 6.14. The highest BCUT2D eigenvalue weighted by Gasteiger charge is 2.27. The van der Waals surface area contributed by atoms with E-state index in [1.165, 1.54) is 17.2 Å². The number of halogens is 2. The van der Waals surface area contributed by atoms with Gasteiger partial charge in [-0.25, -0.2) is 10.2 Å². The van der Waals surface area contributed by atoms with Gasteiger partial charge in [0.25, 0.3) is 0 Å². The standard InChI is InChI=1S/C25H31ClFN5/c1-3-31-11-8-17(9-12-31)18-4-6-20-21(14-18)23(10-13-32(29)25(20)16(2)28)30-24-15-19(26)5-7-22(24)27/h4-8,14-15,23,30H,3,9-13,28-29H2,1-2H3/b25-16-. The number of nitrogens with zero attached hydrogens (tertiary/aromatic N) is 2. The molecule has 170 valence electrons. The van der Waals surface area contributed by atoms with Crippen molar-refractivity contribution in [3.8, 4) is 0 Å². The molecular formula is C25H31ClFN5. The average Bonchev–Trinajstić information content (AvgIpc) is 2.92. The molecule has 2 aromatic carbocycles. The largest absolute Gasteiger partial charge is 0.401 e. The van der Waals surface area contributed by atoms with Crippen LogP contribution >= 0.6 is 11.6 Å². The van der Waals surface area contributed by atoms with E-state index in [0.717, 1.165) is 42.9 Å². The molecule has 0 saturated heterocycles. The first kappa shape index (κ1) is 22.6. The molecule has 0 spiro atoms. The SMILES string of the molecule is CCN1CC=C(c2ccc3c(c2)C(Nc2cc(Cl)ccc2F)CCN(N)/C3=C(/C)N)CC1. The van der Waals surface area contributed by atoms with Gasteiger partial charge < -0.3 is 16.1 Å². The third kappa shape index (κ3) is 4.63. The minimum Gasteiger partial charge on any atom is -0.401 e. The Morgan fingerprint density at radius 2 is 2.03 bits per heavy atom. The first-order valence-corrected chi connectivity index (χ1v) is 11.5. The topological polar surface area (TPSA) is 70.5 Å². The number of anilines is 1. The molecule has 0 fully saturated rings. The Morgan fingerprint density at radius 3 is 2.72 bits per heavy atom. The summed E-state index contributed by atoms with van der Waals surface area (Å²) in [7, 11) is 0. The smallest absolute Gasteiger partial charge is 0.146 e. The molecular weight excluding hydrogens is 425 g/mol. The quantitative estimate of drug-likeness (QED) is 0.568. The van der Waals surface area contributed by atoms with E-state index in [1.807, 2.05) is 6.92 Å².